The molecule has 36 heavy (non-hydrogen) atoms. The van der Waals surface area contributed by atoms with Crippen LogP contribution >= 0.6 is 0 Å². The molecule has 0 radical (unpaired) electrons. The lowest BCUT2D eigenvalue weighted by atomic mass is 9.54. The first-order chi connectivity index (χ1) is 17.5. The van der Waals surface area contributed by atoms with Gasteiger partial charge in [0.25, 0.3) is 0 Å². The molecule has 0 aromatic carbocycles. The molecule has 0 amide bonds. The zero-order chi connectivity index (χ0) is 25.6. The normalized spacial score (nSPS) is 33.3. The van der Waals surface area contributed by atoms with Gasteiger partial charge in [-0.15, -0.1) is 0 Å². The van der Waals surface area contributed by atoms with Crippen molar-refractivity contribution in [2.45, 2.75) is 129 Å². The third-order valence-corrected chi connectivity index (χ3v) is 8.49. The van der Waals surface area contributed by atoms with Crippen LogP contribution in [0.15, 0.2) is 46.6 Å². The topological polar surface area (TPSA) is 38.7 Å². The standard InChI is InChI=1S/C33H48O3/c1-5-7-9-11-12-13-14-15-18-25-22-26(19-16-10-8-6-2)28-20-17-21-33-30(28)29(27(23-25)24-34)31(33)35-32(3,4)36-33/h13-14,22-23,26,28,31,34H,5-12,16-17,19-21,24H2,1-4H3/b14-13+,25-22-,27-23-/t26-,28?,31-,33-/m1/s1. The van der Waals surface area contributed by atoms with Gasteiger partial charge in [0.2, 0.25) is 0 Å². The van der Waals surface area contributed by atoms with Crippen molar-refractivity contribution in [3.63, 3.8) is 0 Å². The number of ether oxygens (including phenoxy) is 2. The molecular weight excluding hydrogens is 444 g/mol. The maximum absolute atomic E-state index is 10.4. The summed E-state index contributed by atoms with van der Waals surface area (Å²) in [6, 6.07) is 0. The van der Waals surface area contributed by atoms with Crippen LogP contribution in [0.3, 0.4) is 0 Å². The second-order valence-corrected chi connectivity index (χ2v) is 11.7. The highest BCUT2D eigenvalue weighted by atomic mass is 16.8. The van der Waals surface area contributed by atoms with E-state index in [0.29, 0.717) is 11.8 Å². The molecule has 4 rings (SSSR count). The Morgan fingerprint density at radius 3 is 2.61 bits per heavy atom. The number of unbranched alkanes of at least 4 members (excludes halogenated alkanes) is 7. The summed E-state index contributed by atoms with van der Waals surface area (Å²) in [5.41, 5.74) is 4.36. The number of allylic oxidation sites excluding steroid dienone is 5. The number of fused-ring (bicyclic) bond motifs is 1. The quantitative estimate of drug-likeness (QED) is 0.235. The lowest BCUT2D eigenvalue weighted by Crippen LogP contribution is -2.58. The van der Waals surface area contributed by atoms with Crippen molar-refractivity contribution in [2.75, 3.05) is 6.61 Å². The van der Waals surface area contributed by atoms with Gasteiger partial charge in [0.1, 0.15) is 11.7 Å². The minimum atomic E-state index is -0.594. The van der Waals surface area contributed by atoms with Crippen LogP contribution in [0.1, 0.15) is 111 Å². The summed E-state index contributed by atoms with van der Waals surface area (Å²) in [7, 11) is 0. The van der Waals surface area contributed by atoms with Crippen LogP contribution in [-0.2, 0) is 9.47 Å². The average Bonchev–Trinajstić information content (AvgIpc) is 3.05. The van der Waals surface area contributed by atoms with Gasteiger partial charge in [-0.05, 0) is 93.1 Å². The zero-order valence-corrected chi connectivity index (χ0v) is 23.2. The van der Waals surface area contributed by atoms with Crippen molar-refractivity contribution in [3.8, 4) is 11.8 Å². The van der Waals surface area contributed by atoms with Crippen molar-refractivity contribution in [3.05, 3.63) is 46.6 Å². The van der Waals surface area contributed by atoms with Crippen molar-refractivity contribution in [1.82, 2.24) is 0 Å². The Labute approximate surface area is 220 Å². The molecule has 3 heteroatoms. The van der Waals surface area contributed by atoms with E-state index in [1.54, 1.807) is 0 Å². The smallest absolute Gasteiger partial charge is 0.165 e. The highest BCUT2D eigenvalue weighted by Crippen LogP contribution is 2.63. The Kier molecular flexibility index (Phi) is 9.37. The Balaban J connectivity index is 1.62. The fraction of sp³-hybridized carbons (Fsp3) is 0.697. The van der Waals surface area contributed by atoms with Crippen LogP contribution in [0.2, 0.25) is 0 Å². The minimum Gasteiger partial charge on any atom is -0.392 e. The van der Waals surface area contributed by atoms with Crippen molar-refractivity contribution in [1.29, 1.82) is 0 Å². The third kappa shape index (κ3) is 5.77. The molecule has 4 atom stereocenters. The summed E-state index contributed by atoms with van der Waals surface area (Å²) in [6.45, 7) is 8.60. The third-order valence-electron chi connectivity index (χ3n) is 8.49. The van der Waals surface area contributed by atoms with E-state index < -0.39 is 5.79 Å². The molecule has 1 saturated carbocycles. The van der Waals surface area contributed by atoms with Gasteiger partial charge in [-0.25, -0.2) is 0 Å². The molecule has 1 N–H and O–H groups in total. The lowest BCUT2D eigenvalue weighted by molar-refractivity contribution is -0.157. The maximum atomic E-state index is 10.4. The van der Waals surface area contributed by atoms with Gasteiger partial charge in [0, 0.05) is 5.57 Å². The average molecular weight is 493 g/mol. The predicted molar refractivity (Wildman–Crippen MR) is 148 cm³/mol. The molecule has 0 bridgehead atoms. The molecular formula is C33H48O3. The van der Waals surface area contributed by atoms with E-state index in [0.717, 1.165) is 30.4 Å². The van der Waals surface area contributed by atoms with Crippen LogP contribution in [-0.4, -0.2) is 29.2 Å². The molecule has 0 aromatic rings. The second-order valence-electron chi connectivity index (χ2n) is 11.7. The van der Waals surface area contributed by atoms with Gasteiger partial charge in [-0.2, -0.15) is 0 Å². The fourth-order valence-corrected chi connectivity index (χ4v) is 6.92. The molecule has 4 aliphatic rings. The first-order valence-corrected chi connectivity index (χ1v) is 14.8. The van der Waals surface area contributed by atoms with E-state index in [1.165, 1.54) is 75.4 Å². The van der Waals surface area contributed by atoms with E-state index in [2.05, 4.69) is 43.9 Å². The van der Waals surface area contributed by atoms with Gasteiger partial charge in [-0.1, -0.05) is 82.8 Å². The Morgan fingerprint density at radius 1 is 1.08 bits per heavy atom. The highest BCUT2D eigenvalue weighted by molar-refractivity contribution is 5.61. The largest absolute Gasteiger partial charge is 0.392 e. The maximum Gasteiger partial charge on any atom is 0.165 e. The molecule has 3 nitrogen and oxygen atoms in total. The molecule has 1 unspecified atom stereocenters. The molecule has 1 saturated heterocycles. The predicted octanol–water partition coefficient (Wildman–Crippen LogP) is 7.96. The molecule has 1 spiro atoms. The lowest BCUT2D eigenvalue weighted by Gasteiger charge is -2.54. The summed E-state index contributed by atoms with van der Waals surface area (Å²) >= 11 is 0. The second kappa shape index (κ2) is 12.3. The monoisotopic (exact) mass is 492 g/mol. The molecule has 198 valence electrons. The molecule has 0 aromatic heterocycles. The number of aliphatic hydroxyl groups is 1. The summed E-state index contributed by atoms with van der Waals surface area (Å²) in [6.07, 6.45) is 24.6. The summed E-state index contributed by atoms with van der Waals surface area (Å²) in [4.78, 5) is 0. The molecule has 1 heterocycles. The van der Waals surface area contributed by atoms with E-state index >= 15 is 0 Å². The van der Waals surface area contributed by atoms with Gasteiger partial charge >= 0.3 is 0 Å². The molecule has 2 fully saturated rings. The minimum absolute atomic E-state index is 0.00930. The van der Waals surface area contributed by atoms with E-state index in [-0.39, 0.29) is 18.3 Å². The van der Waals surface area contributed by atoms with Crippen LogP contribution in [0.5, 0.6) is 0 Å². The summed E-state index contributed by atoms with van der Waals surface area (Å²) < 4.78 is 13.1. The summed E-state index contributed by atoms with van der Waals surface area (Å²) in [5.74, 6) is 7.04. The van der Waals surface area contributed by atoms with Gasteiger partial charge in [0.15, 0.2) is 5.79 Å². The van der Waals surface area contributed by atoms with Gasteiger partial charge < -0.3 is 14.6 Å². The first kappa shape index (κ1) is 27.4. The Morgan fingerprint density at radius 2 is 1.86 bits per heavy atom. The van der Waals surface area contributed by atoms with Crippen LogP contribution in [0.25, 0.3) is 0 Å². The van der Waals surface area contributed by atoms with Crippen molar-refractivity contribution < 1.29 is 14.6 Å². The molecule has 3 aliphatic carbocycles. The van der Waals surface area contributed by atoms with Gasteiger partial charge in [-0.3, -0.25) is 0 Å². The zero-order valence-electron chi connectivity index (χ0n) is 23.2. The SMILES string of the molecule is CCCCCC/C=C/C#CC1=C/[C@@H](CCCCCC)C2CCC[C@]34OC(C)(C)O[C@@H]3C(=C24)/C(CO)=C\1. The van der Waals surface area contributed by atoms with Crippen LogP contribution < -0.4 is 0 Å². The first-order valence-electron chi connectivity index (χ1n) is 14.8. The van der Waals surface area contributed by atoms with Crippen molar-refractivity contribution in [2.24, 2.45) is 11.8 Å². The molecule has 1 aliphatic heterocycles. The van der Waals surface area contributed by atoms with E-state index in [9.17, 15) is 5.11 Å². The van der Waals surface area contributed by atoms with Crippen LogP contribution in [0, 0.1) is 23.7 Å². The number of hydrogen-bond acceptors (Lipinski definition) is 3. The van der Waals surface area contributed by atoms with E-state index in [1.807, 2.05) is 19.9 Å². The van der Waals surface area contributed by atoms with Crippen LogP contribution in [0.4, 0.5) is 0 Å². The fourth-order valence-electron chi connectivity index (χ4n) is 6.92. The van der Waals surface area contributed by atoms with Gasteiger partial charge in [0.05, 0.1) is 6.61 Å². The van der Waals surface area contributed by atoms with E-state index in [4.69, 9.17) is 9.47 Å². The Bertz CT molecular complexity index is 953. The number of aliphatic hydroxyl groups excluding tert-OH is 1. The number of hydrogen-bond donors (Lipinski definition) is 1. The van der Waals surface area contributed by atoms with Crippen molar-refractivity contribution >= 4 is 0 Å². The Hall–Kier alpha value is -1.60. The summed E-state index contributed by atoms with van der Waals surface area (Å²) in [5, 5.41) is 10.4. The highest BCUT2D eigenvalue weighted by Gasteiger charge is 2.67. The number of rotatable bonds is 11.